The molecule has 1 fully saturated rings. The van der Waals surface area contributed by atoms with Crippen LogP contribution >= 0.6 is 0 Å². The molecule has 17 heavy (non-hydrogen) atoms. The molecule has 1 saturated heterocycles. The van der Waals surface area contributed by atoms with Crippen molar-refractivity contribution in [2.45, 2.75) is 25.7 Å². The Labute approximate surface area is 104 Å². The van der Waals surface area contributed by atoms with Crippen LogP contribution in [-0.4, -0.2) is 52.1 Å². The molecule has 0 saturated carbocycles. The number of nitrogens with one attached hydrogen (secondary N) is 1. The maximum Gasteiger partial charge on any atom is 0.279 e. The van der Waals surface area contributed by atoms with Crippen molar-refractivity contribution < 1.29 is 13.2 Å². The highest BCUT2D eigenvalue weighted by atomic mass is 32.2. The number of ether oxygens (including phenoxy) is 1. The average Bonchev–Trinajstić information content (AvgIpc) is 2.57. The van der Waals surface area contributed by atoms with Gasteiger partial charge in [0, 0.05) is 26.2 Å². The third-order valence-electron chi connectivity index (χ3n) is 2.70. The van der Waals surface area contributed by atoms with Crippen molar-refractivity contribution in [3.63, 3.8) is 0 Å². The summed E-state index contributed by atoms with van der Waals surface area (Å²) >= 11 is 0. The van der Waals surface area contributed by atoms with Gasteiger partial charge in [-0.2, -0.15) is 17.4 Å². The summed E-state index contributed by atoms with van der Waals surface area (Å²) in [5.74, 6) is 0. The van der Waals surface area contributed by atoms with Crippen LogP contribution in [0, 0.1) is 0 Å². The minimum absolute atomic E-state index is 0.304. The summed E-state index contributed by atoms with van der Waals surface area (Å²) < 4.78 is 33.0. The molecule has 0 spiro atoms. The fourth-order valence-electron chi connectivity index (χ4n) is 1.80. The van der Waals surface area contributed by atoms with E-state index in [0.717, 1.165) is 25.7 Å². The van der Waals surface area contributed by atoms with Gasteiger partial charge in [-0.15, -0.1) is 0 Å². The molecule has 0 aromatic heterocycles. The Morgan fingerprint density at radius 2 is 1.76 bits per heavy atom. The number of rotatable bonds is 7. The molecule has 0 aliphatic carbocycles. The second-order valence-corrected chi connectivity index (χ2v) is 5.87. The topological polar surface area (TPSA) is 84.7 Å². The number of hydrogen-bond acceptors (Lipinski definition) is 4. The van der Waals surface area contributed by atoms with Gasteiger partial charge in [-0.1, -0.05) is 12.8 Å². The Morgan fingerprint density at radius 1 is 1.12 bits per heavy atom. The molecule has 0 radical (unpaired) electrons. The second-order valence-electron chi connectivity index (χ2n) is 4.11. The lowest BCUT2D eigenvalue weighted by molar-refractivity contribution is 0.146. The van der Waals surface area contributed by atoms with Crippen molar-refractivity contribution >= 4 is 10.2 Å². The van der Waals surface area contributed by atoms with E-state index in [-0.39, 0.29) is 0 Å². The van der Waals surface area contributed by atoms with Crippen LogP contribution in [0.1, 0.15) is 25.7 Å². The molecular formula is C10H23N3O3S. The van der Waals surface area contributed by atoms with Crippen LogP contribution in [0.3, 0.4) is 0 Å². The standard InChI is InChI=1S/C10H23N3O3S/c11-5-9-16-10-6-12-17(14,15)13-7-3-1-2-4-8-13/h12H,1-11H2. The van der Waals surface area contributed by atoms with E-state index in [1.165, 1.54) is 4.31 Å². The highest BCUT2D eigenvalue weighted by molar-refractivity contribution is 7.87. The lowest BCUT2D eigenvalue weighted by Crippen LogP contribution is -2.42. The van der Waals surface area contributed by atoms with Crippen LogP contribution in [0.5, 0.6) is 0 Å². The molecule has 0 bridgehead atoms. The van der Waals surface area contributed by atoms with Gasteiger partial charge in [-0.25, -0.2) is 0 Å². The van der Waals surface area contributed by atoms with Crippen LogP contribution in [0.2, 0.25) is 0 Å². The first kappa shape index (κ1) is 14.8. The normalized spacial score (nSPS) is 19.1. The molecule has 1 aliphatic rings. The zero-order chi connectivity index (χ0) is 12.6. The summed E-state index contributed by atoms with van der Waals surface area (Å²) in [4.78, 5) is 0. The van der Waals surface area contributed by atoms with Crippen LogP contribution in [0.25, 0.3) is 0 Å². The molecule has 102 valence electrons. The van der Waals surface area contributed by atoms with Crippen molar-refractivity contribution in [3.05, 3.63) is 0 Å². The molecule has 0 amide bonds. The molecule has 7 heteroatoms. The zero-order valence-electron chi connectivity index (χ0n) is 10.2. The minimum Gasteiger partial charge on any atom is -0.379 e. The first-order valence-corrected chi connectivity index (χ1v) is 7.63. The molecule has 1 heterocycles. The molecular weight excluding hydrogens is 242 g/mol. The van der Waals surface area contributed by atoms with Crippen molar-refractivity contribution in [1.29, 1.82) is 0 Å². The molecule has 6 nitrogen and oxygen atoms in total. The molecule has 3 N–H and O–H groups in total. The molecule has 0 aromatic rings. The van der Waals surface area contributed by atoms with Crippen LogP contribution in [0.4, 0.5) is 0 Å². The lowest BCUT2D eigenvalue weighted by Gasteiger charge is -2.20. The third kappa shape index (κ3) is 5.78. The average molecular weight is 265 g/mol. The SMILES string of the molecule is NCCOCCNS(=O)(=O)N1CCCCCC1. The summed E-state index contributed by atoms with van der Waals surface area (Å²) in [7, 11) is -3.32. The number of nitrogens with two attached hydrogens (primary N) is 1. The largest absolute Gasteiger partial charge is 0.379 e. The van der Waals surface area contributed by atoms with Crippen molar-refractivity contribution in [2.24, 2.45) is 5.73 Å². The van der Waals surface area contributed by atoms with Gasteiger partial charge in [0.25, 0.3) is 10.2 Å². The van der Waals surface area contributed by atoms with Gasteiger partial charge >= 0.3 is 0 Å². The van der Waals surface area contributed by atoms with E-state index in [4.69, 9.17) is 10.5 Å². The molecule has 0 aromatic carbocycles. The Bertz CT molecular complexity index is 287. The Morgan fingerprint density at radius 3 is 2.35 bits per heavy atom. The first-order valence-electron chi connectivity index (χ1n) is 6.19. The second kappa shape index (κ2) is 7.99. The monoisotopic (exact) mass is 265 g/mol. The van der Waals surface area contributed by atoms with Crippen molar-refractivity contribution in [3.8, 4) is 0 Å². The Kier molecular flexibility index (Phi) is 6.98. The Balaban J connectivity index is 2.28. The smallest absolute Gasteiger partial charge is 0.279 e. The van der Waals surface area contributed by atoms with E-state index >= 15 is 0 Å². The van der Waals surface area contributed by atoms with Gasteiger partial charge in [0.15, 0.2) is 0 Å². The fraction of sp³-hybridized carbons (Fsp3) is 1.00. The van der Waals surface area contributed by atoms with Gasteiger partial charge in [0.2, 0.25) is 0 Å². The van der Waals surface area contributed by atoms with Gasteiger partial charge in [-0.3, -0.25) is 0 Å². The van der Waals surface area contributed by atoms with Crippen LogP contribution in [-0.2, 0) is 14.9 Å². The van der Waals surface area contributed by atoms with Crippen molar-refractivity contribution in [2.75, 3.05) is 39.4 Å². The highest BCUT2D eigenvalue weighted by Crippen LogP contribution is 2.11. The lowest BCUT2D eigenvalue weighted by atomic mass is 10.2. The fourth-order valence-corrected chi connectivity index (χ4v) is 3.06. The van der Waals surface area contributed by atoms with E-state index < -0.39 is 10.2 Å². The minimum atomic E-state index is -3.32. The number of nitrogens with zero attached hydrogens (tertiary/aromatic N) is 1. The maximum absolute atomic E-state index is 11.9. The van der Waals surface area contributed by atoms with E-state index in [0.29, 0.717) is 39.4 Å². The summed E-state index contributed by atoms with van der Waals surface area (Å²) in [5, 5.41) is 0. The quantitative estimate of drug-likeness (QED) is 0.617. The first-order chi connectivity index (χ1) is 8.17. The van der Waals surface area contributed by atoms with Crippen molar-refractivity contribution in [1.82, 2.24) is 9.03 Å². The molecule has 1 rings (SSSR count). The maximum atomic E-state index is 11.9. The van der Waals surface area contributed by atoms with Gasteiger partial charge in [0.05, 0.1) is 13.2 Å². The molecule has 0 unspecified atom stereocenters. The van der Waals surface area contributed by atoms with Gasteiger partial charge < -0.3 is 10.5 Å². The summed E-state index contributed by atoms with van der Waals surface area (Å²) in [6.07, 6.45) is 4.13. The number of hydrogen-bond donors (Lipinski definition) is 2. The van der Waals surface area contributed by atoms with E-state index in [2.05, 4.69) is 4.72 Å². The molecule has 1 aliphatic heterocycles. The van der Waals surface area contributed by atoms with Gasteiger partial charge in [0.1, 0.15) is 0 Å². The summed E-state index contributed by atoms with van der Waals surface area (Å²) in [6.45, 7) is 2.84. The summed E-state index contributed by atoms with van der Waals surface area (Å²) in [5.41, 5.74) is 5.26. The van der Waals surface area contributed by atoms with E-state index in [1.54, 1.807) is 0 Å². The van der Waals surface area contributed by atoms with Gasteiger partial charge in [-0.05, 0) is 12.8 Å². The van der Waals surface area contributed by atoms with E-state index in [1.807, 2.05) is 0 Å². The molecule has 0 atom stereocenters. The zero-order valence-corrected chi connectivity index (χ0v) is 11.0. The third-order valence-corrected chi connectivity index (χ3v) is 4.31. The van der Waals surface area contributed by atoms with Crippen LogP contribution < -0.4 is 10.5 Å². The predicted octanol–water partition coefficient (Wildman–Crippen LogP) is -0.328. The summed E-state index contributed by atoms with van der Waals surface area (Å²) in [6, 6.07) is 0. The highest BCUT2D eigenvalue weighted by Gasteiger charge is 2.21. The Hall–Kier alpha value is -0.210. The van der Waals surface area contributed by atoms with Crippen LogP contribution in [0.15, 0.2) is 0 Å². The predicted molar refractivity (Wildman–Crippen MR) is 66.8 cm³/mol. The van der Waals surface area contributed by atoms with E-state index in [9.17, 15) is 8.42 Å².